The second kappa shape index (κ2) is 10.4. The molecule has 0 aromatic heterocycles. The second-order valence-electron chi connectivity index (χ2n) is 7.63. The van der Waals surface area contributed by atoms with Crippen LogP contribution in [-0.2, 0) is 9.22 Å². The Morgan fingerprint density at radius 3 is 2.17 bits per heavy atom. The molecule has 1 unspecified atom stereocenters. The minimum atomic E-state index is -1.93. The summed E-state index contributed by atoms with van der Waals surface area (Å²) in [5, 5.41) is 2.93. The fourth-order valence-electron chi connectivity index (χ4n) is 1.86. The van der Waals surface area contributed by atoms with Crippen molar-refractivity contribution in [1.82, 2.24) is 5.32 Å². The molecule has 0 rings (SSSR count). The molecule has 0 aromatic carbocycles. The van der Waals surface area contributed by atoms with Gasteiger partial charge in [0.05, 0.1) is 0 Å². The van der Waals surface area contributed by atoms with E-state index in [9.17, 15) is 4.79 Å². The van der Waals surface area contributed by atoms with Crippen molar-refractivity contribution in [2.45, 2.75) is 80.8 Å². The molecule has 0 radical (unpaired) electrons. The average Bonchev–Trinajstić information content (AvgIpc) is 2.42. The number of hydrogen-bond acceptors (Lipinski definition) is 2. The van der Waals surface area contributed by atoms with Crippen molar-refractivity contribution < 1.29 is 9.22 Å². The van der Waals surface area contributed by atoms with Crippen LogP contribution in [0.2, 0.25) is 18.1 Å². The third-order valence-corrected chi connectivity index (χ3v) is 9.59. The summed E-state index contributed by atoms with van der Waals surface area (Å²) >= 11 is 16.6. The van der Waals surface area contributed by atoms with Gasteiger partial charge in [-0.2, -0.15) is 0 Å². The lowest BCUT2D eigenvalue weighted by molar-refractivity contribution is -0.120. The van der Waals surface area contributed by atoms with E-state index in [1.165, 1.54) is 0 Å². The molecule has 3 nitrogen and oxygen atoms in total. The number of carbonyl (C=O) groups is 1. The third-order valence-electron chi connectivity index (χ3n) is 4.54. The number of rotatable bonds is 10. The Hall–Kier alpha value is 0.257. The molecule has 24 heavy (non-hydrogen) atoms. The first-order chi connectivity index (χ1) is 10.8. The van der Waals surface area contributed by atoms with Crippen LogP contribution in [0.5, 0.6) is 0 Å². The Balaban J connectivity index is 3.90. The largest absolute Gasteiger partial charge is 0.417 e. The molecule has 0 bridgehead atoms. The van der Waals surface area contributed by atoms with Crippen molar-refractivity contribution in [2.75, 3.05) is 6.61 Å². The molecule has 0 spiro atoms. The summed E-state index contributed by atoms with van der Waals surface area (Å²) in [4.78, 5) is 11.6. The van der Waals surface area contributed by atoms with Crippen molar-refractivity contribution in [3.8, 4) is 0 Å². The van der Waals surface area contributed by atoms with Gasteiger partial charge in [0.1, 0.15) is 0 Å². The molecule has 0 fully saturated rings. The standard InChI is InChI=1S/C17H32Cl3NO2Si/c1-7-14(21-15(22)17(18,19)20)12-10-8-9-11-13-23-24(5,6)16(2,3)4/h7,14H,1,8-13H2,2-6H3,(H,21,22). The molecule has 1 N–H and O–H groups in total. The zero-order chi connectivity index (χ0) is 19.0. The molecule has 0 heterocycles. The number of halogens is 3. The van der Waals surface area contributed by atoms with E-state index in [4.69, 9.17) is 39.2 Å². The third kappa shape index (κ3) is 9.67. The molecule has 0 saturated heterocycles. The first-order valence-corrected chi connectivity index (χ1v) is 12.5. The molecule has 1 atom stereocenters. The van der Waals surface area contributed by atoms with Crippen molar-refractivity contribution in [3.63, 3.8) is 0 Å². The van der Waals surface area contributed by atoms with Gasteiger partial charge in [0.25, 0.3) is 9.70 Å². The summed E-state index contributed by atoms with van der Waals surface area (Å²) in [5.74, 6) is -0.611. The van der Waals surface area contributed by atoms with Crippen LogP contribution < -0.4 is 5.32 Å². The zero-order valence-corrected chi connectivity index (χ0v) is 18.8. The van der Waals surface area contributed by atoms with Crippen LogP contribution in [0.4, 0.5) is 0 Å². The number of unbranched alkanes of at least 4 members (excludes halogenated alkanes) is 3. The fraction of sp³-hybridized carbons (Fsp3) is 0.824. The van der Waals surface area contributed by atoms with Gasteiger partial charge in [-0.15, -0.1) is 6.58 Å². The van der Waals surface area contributed by atoms with Gasteiger partial charge in [0, 0.05) is 12.6 Å². The van der Waals surface area contributed by atoms with Crippen LogP contribution in [0.25, 0.3) is 0 Å². The highest BCUT2D eigenvalue weighted by atomic mass is 35.6. The van der Waals surface area contributed by atoms with E-state index in [1.54, 1.807) is 6.08 Å². The molecule has 0 aliphatic rings. The van der Waals surface area contributed by atoms with Gasteiger partial charge in [0.15, 0.2) is 8.32 Å². The zero-order valence-electron chi connectivity index (χ0n) is 15.6. The Kier molecular flexibility index (Phi) is 10.5. The van der Waals surface area contributed by atoms with E-state index in [2.05, 4.69) is 45.8 Å². The molecular formula is C17H32Cl3NO2Si. The normalized spacial score (nSPS) is 14.3. The number of carbonyl (C=O) groups excluding carboxylic acids is 1. The SMILES string of the molecule is C=CC(CCCCCCO[Si](C)(C)C(C)(C)C)NC(=O)C(Cl)(Cl)Cl. The van der Waals surface area contributed by atoms with Crippen molar-refractivity contribution in [2.24, 2.45) is 0 Å². The van der Waals surface area contributed by atoms with Gasteiger partial charge in [-0.3, -0.25) is 4.79 Å². The van der Waals surface area contributed by atoms with E-state index in [1.807, 2.05) is 0 Å². The first kappa shape index (κ1) is 24.3. The minimum Gasteiger partial charge on any atom is -0.417 e. The number of amides is 1. The maximum Gasteiger partial charge on any atom is 0.272 e. The van der Waals surface area contributed by atoms with Gasteiger partial charge < -0.3 is 9.74 Å². The van der Waals surface area contributed by atoms with E-state index in [0.29, 0.717) is 0 Å². The monoisotopic (exact) mass is 415 g/mol. The van der Waals surface area contributed by atoms with Crippen LogP contribution in [0.1, 0.15) is 52.9 Å². The fourth-order valence-corrected chi connectivity index (χ4v) is 3.11. The Morgan fingerprint density at radius 2 is 1.71 bits per heavy atom. The van der Waals surface area contributed by atoms with Gasteiger partial charge >= 0.3 is 0 Å². The summed E-state index contributed by atoms with van der Waals surface area (Å²) in [7, 11) is -1.63. The molecule has 0 aromatic rings. The van der Waals surface area contributed by atoms with Crippen molar-refractivity contribution >= 4 is 49.0 Å². The Morgan fingerprint density at radius 1 is 1.17 bits per heavy atom. The van der Waals surface area contributed by atoms with Gasteiger partial charge in [-0.05, 0) is 31.0 Å². The number of hydrogen-bond donors (Lipinski definition) is 1. The lowest BCUT2D eigenvalue weighted by Gasteiger charge is -2.36. The maximum absolute atomic E-state index is 11.6. The summed E-state index contributed by atoms with van der Waals surface area (Å²) in [6, 6.07) is -0.170. The first-order valence-electron chi connectivity index (χ1n) is 8.45. The summed E-state index contributed by atoms with van der Waals surface area (Å²) in [6.07, 6.45) is 6.70. The van der Waals surface area contributed by atoms with E-state index in [0.717, 1.165) is 38.7 Å². The molecular weight excluding hydrogens is 385 g/mol. The quantitative estimate of drug-likeness (QED) is 0.205. The highest BCUT2D eigenvalue weighted by Crippen LogP contribution is 2.36. The summed E-state index contributed by atoms with van der Waals surface area (Å²) in [6.45, 7) is 15.8. The van der Waals surface area contributed by atoms with Crippen molar-refractivity contribution in [3.05, 3.63) is 12.7 Å². The highest BCUT2D eigenvalue weighted by molar-refractivity contribution is 6.76. The average molecular weight is 417 g/mol. The van der Waals surface area contributed by atoms with E-state index < -0.39 is 18.0 Å². The lowest BCUT2D eigenvalue weighted by Crippen LogP contribution is -2.41. The Bertz CT molecular complexity index is 404. The second-order valence-corrected chi connectivity index (χ2v) is 14.7. The van der Waals surface area contributed by atoms with Gasteiger partial charge in [-0.1, -0.05) is 80.9 Å². The maximum atomic E-state index is 11.6. The number of alkyl halides is 3. The lowest BCUT2D eigenvalue weighted by atomic mass is 10.1. The topological polar surface area (TPSA) is 38.3 Å². The van der Waals surface area contributed by atoms with Crippen LogP contribution in [0, 0.1) is 0 Å². The van der Waals surface area contributed by atoms with Crippen LogP contribution in [-0.4, -0.2) is 30.7 Å². The molecule has 0 saturated carbocycles. The van der Waals surface area contributed by atoms with Gasteiger partial charge in [0.2, 0.25) is 0 Å². The highest BCUT2D eigenvalue weighted by Gasteiger charge is 2.36. The van der Waals surface area contributed by atoms with Crippen molar-refractivity contribution in [1.29, 1.82) is 0 Å². The van der Waals surface area contributed by atoms with Crippen LogP contribution in [0.3, 0.4) is 0 Å². The van der Waals surface area contributed by atoms with Crippen LogP contribution >= 0.6 is 34.8 Å². The molecule has 0 aliphatic carbocycles. The minimum absolute atomic E-state index is 0.170. The van der Waals surface area contributed by atoms with Gasteiger partial charge in [-0.25, -0.2) is 0 Å². The number of nitrogens with one attached hydrogen (secondary N) is 1. The smallest absolute Gasteiger partial charge is 0.272 e. The molecule has 0 aliphatic heterocycles. The molecule has 7 heteroatoms. The summed E-state index contributed by atoms with van der Waals surface area (Å²) in [5.41, 5.74) is 0. The molecule has 1 amide bonds. The Labute approximate surface area is 163 Å². The van der Waals surface area contributed by atoms with E-state index in [-0.39, 0.29) is 11.1 Å². The van der Waals surface area contributed by atoms with E-state index >= 15 is 0 Å². The predicted octanol–water partition coefficient (Wildman–Crippen LogP) is 6.00. The van der Waals surface area contributed by atoms with Crippen LogP contribution in [0.15, 0.2) is 12.7 Å². The predicted molar refractivity (Wildman–Crippen MR) is 109 cm³/mol. The summed E-state index contributed by atoms with van der Waals surface area (Å²) < 4.78 is 4.23. The molecule has 142 valence electrons.